The van der Waals surface area contributed by atoms with Crippen molar-refractivity contribution in [1.82, 2.24) is 0 Å². The summed E-state index contributed by atoms with van der Waals surface area (Å²) in [6.45, 7) is 8.29. The highest BCUT2D eigenvalue weighted by molar-refractivity contribution is 8.15. The molecule has 0 N–H and O–H groups in total. The van der Waals surface area contributed by atoms with Crippen LogP contribution in [-0.2, 0) is 42.9 Å². The van der Waals surface area contributed by atoms with Crippen LogP contribution in [0.2, 0.25) is 0 Å². The minimum atomic E-state index is -1.28. The number of Topliss-reactive ketones (excluding diaryl/α,β-unsaturated/α-hetero) is 1. The van der Waals surface area contributed by atoms with Crippen molar-refractivity contribution in [3.8, 4) is 0 Å². The van der Waals surface area contributed by atoms with Crippen LogP contribution in [0.4, 0.5) is 9.59 Å². The molecule has 194 valence electrons. The minimum absolute atomic E-state index is 0.133. The molecule has 0 amide bonds. The molecule has 0 saturated heterocycles. The second-order valence-corrected chi connectivity index (χ2v) is 10.5. The van der Waals surface area contributed by atoms with Crippen LogP contribution in [0.5, 0.6) is 0 Å². The Balaban J connectivity index is 4.74. The van der Waals surface area contributed by atoms with Crippen molar-refractivity contribution in [3.63, 3.8) is 0 Å². The fourth-order valence-electron chi connectivity index (χ4n) is 1.96. The van der Waals surface area contributed by atoms with Gasteiger partial charge in [-0.15, -0.1) is 0 Å². The van der Waals surface area contributed by atoms with Crippen LogP contribution in [0.3, 0.4) is 0 Å². The van der Waals surface area contributed by atoms with Gasteiger partial charge in [-0.3, -0.25) is 19.2 Å². The van der Waals surface area contributed by atoms with E-state index in [2.05, 4.69) is 0 Å². The molecule has 0 aromatic carbocycles. The SMILES string of the molecule is COC(=O)[C@H](CSC(=O)OCOC(=O)C(C)C)CC(=O)C(C)(C)SC(=O)OCOC(=O)C(C)C. The highest BCUT2D eigenvalue weighted by Crippen LogP contribution is 2.31. The zero-order valence-electron chi connectivity index (χ0n) is 20.4. The van der Waals surface area contributed by atoms with Crippen LogP contribution in [0.15, 0.2) is 0 Å². The highest BCUT2D eigenvalue weighted by atomic mass is 32.2. The maximum Gasteiger partial charge on any atom is 0.371 e. The van der Waals surface area contributed by atoms with E-state index in [0.717, 1.165) is 7.11 Å². The average Bonchev–Trinajstić information content (AvgIpc) is 2.74. The van der Waals surface area contributed by atoms with E-state index in [1.165, 1.54) is 13.8 Å². The van der Waals surface area contributed by atoms with Crippen LogP contribution in [0, 0.1) is 17.8 Å². The molecule has 0 spiro atoms. The fourth-order valence-corrected chi connectivity index (χ4v) is 3.40. The first-order valence-corrected chi connectivity index (χ1v) is 12.1. The summed E-state index contributed by atoms with van der Waals surface area (Å²) in [5, 5.41) is -1.63. The van der Waals surface area contributed by atoms with Crippen molar-refractivity contribution in [3.05, 3.63) is 0 Å². The average molecular weight is 525 g/mol. The molecule has 0 aliphatic carbocycles. The van der Waals surface area contributed by atoms with Gasteiger partial charge in [0.1, 0.15) is 5.78 Å². The maximum atomic E-state index is 12.8. The summed E-state index contributed by atoms with van der Waals surface area (Å²) in [6.07, 6.45) is -0.315. The summed E-state index contributed by atoms with van der Waals surface area (Å²) in [5.74, 6) is -4.15. The number of rotatable bonds is 13. The van der Waals surface area contributed by atoms with Crippen molar-refractivity contribution >= 4 is 57.8 Å². The molecule has 0 radical (unpaired) electrons. The lowest BCUT2D eigenvalue weighted by molar-refractivity contribution is -0.156. The fraction of sp³-hybridized carbons (Fsp3) is 0.714. The zero-order valence-corrected chi connectivity index (χ0v) is 22.0. The Labute approximate surface area is 207 Å². The van der Waals surface area contributed by atoms with E-state index in [-0.39, 0.29) is 24.0 Å². The first-order chi connectivity index (χ1) is 15.7. The molecule has 0 saturated carbocycles. The lowest BCUT2D eigenvalue weighted by Crippen LogP contribution is -2.34. The third-order valence-electron chi connectivity index (χ3n) is 4.08. The van der Waals surface area contributed by atoms with Crippen LogP contribution < -0.4 is 0 Å². The molecule has 0 aliphatic heterocycles. The van der Waals surface area contributed by atoms with Gasteiger partial charge < -0.3 is 23.7 Å². The molecule has 0 bridgehead atoms. The Morgan fingerprint density at radius 1 is 0.735 bits per heavy atom. The van der Waals surface area contributed by atoms with Crippen LogP contribution in [0.1, 0.15) is 48.0 Å². The van der Waals surface area contributed by atoms with Gasteiger partial charge in [-0.05, 0) is 37.4 Å². The summed E-state index contributed by atoms with van der Waals surface area (Å²) in [7, 11) is 1.14. The number of esters is 3. The Hall–Kier alpha value is -2.28. The Morgan fingerprint density at radius 3 is 1.65 bits per heavy atom. The molecule has 13 heteroatoms. The predicted molar refractivity (Wildman–Crippen MR) is 124 cm³/mol. The van der Waals surface area contributed by atoms with Gasteiger partial charge in [0.25, 0.3) is 0 Å². The number of hydrogen-bond donors (Lipinski definition) is 0. The van der Waals surface area contributed by atoms with Gasteiger partial charge in [0, 0.05) is 12.2 Å². The van der Waals surface area contributed by atoms with Crippen LogP contribution >= 0.6 is 23.5 Å². The maximum absolute atomic E-state index is 12.8. The highest BCUT2D eigenvalue weighted by Gasteiger charge is 2.36. The third-order valence-corrected chi connectivity index (χ3v) is 6.02. The van der Waals surface area contributed by atoms with E-state index in [0.29, 0.717) is 23.5 Å². The van der Waals surface area contributed by atoms with Crippen molar-refractivity contribution in [2.24, 2.45) is 17.8 Å². The van der Waals surface area contributed by atoms with E-state index < -0.39 is 58.5 Å². The molecule has 0 aromatic rings. The quantitative estimate of drug-likeness (QED) is 0.196. The Bertz CT molecular complexity index is 747. The summed E-state index contributed by atoms with van der Waals surface area (Å²) < 4.78 is 22.5. The molecule has 1 atom stereocenters. The van der Waals surface area contributed by atoms with Crippen molar-refractivity contribution in [2.45, 2.75) is 52.7 Å². The van der Waals surface area contributed by atoms with Gasteiger partial charge in [0.2, 0.25) is 13.6 Å². The topological polar surface area (TPSA) is 149 Å². The van der Waals surface area contributed by atoms with E-state index in [1.807, 2.05) is 0 Å². The second-order valence-electron chi connectivity index (χ2n) is 8.03. The second kappa shape index (κ2) is 15.6. The summed E-state index contributed by atoms with van der Waals surface area (Å²) in [5.41, 5.74) is 0. The number of methoxy groups -OCH3 is 1. The van der Waals surface area contributed by atoms with E-state index in [9.17, 15) is 28.8 Å². The van der Waals surface area contributed by atoms with E-state index in [4.69, 9.17) is 23.7 Å². The predicted octanol–water partition coefficient (Wildman–Crippen LogP) is 3.57. The summed E-state index contributed by atoms with van der Waals surface area (Å²) >= 11 is 1.19. The van der Waals surface area contributed by atoms with Crippen LogP contribution in [0.25, 0.3) is 0 Å². The van der Waals surface area contributed by atoms with Crippen molar-refractivity contribution < 1.29 is 52.5 Å². The molecule has 11 nitrogen and oxygen atoms in total. The summed E-state index contributed by atoms with van der Waals surface area (Å²) in [6, 6.07) is 0. The van der Waals surface area contributed by atoms with Gasteiger partial charge in [0.15, 0.2) is 0 Å². The van der Waals surface area contributed by atoms with Crippen molar-refractivity contribution in [2.75, 3.05) is 26.4 Å². The lowest BCUT2D eigenvalue weighted by atomic mass is 9.97. The van der Waals surface area contributed by atoms with E-state index in [1.54, 1.807) is 27.7 Å². The molecule has 0 aliphatic rings. The molecule has 34 heavy (non-hydrogen) atoms. The number of thioether (sulfide) groups is 2. The molecular formula is C21H32O11S2. The Morgan fingerprint density at radius 2 is 1.21 bits per heavy atom. The first-order valence-electron chi connectivity index (χ1n) is 10.3. The van der Waals surface area contributed by atoms with Crippen molar-refractivity contribution in [1.29, 1.82) is 0 Å². The van der Waals surface area contributed by atoms with E-state index >= 15 is 0 Å². The molecule has 0 aromatic heterocycles. The minimum Gasteiger partial charge on any atom is -0.469 e. The monoisotopic (exact) mass is 524 g/mol. The van der Waals surface area contributed by atoms with Gasteiger partial charge in [0.05, 0.1) is 29.6 Å². The first kappa shape index (κ1) is 31.7. The van der Waals surface area contributed by atoms with Gasteiger partial charge in [-0.25, -0.2) is 9.59 Å². The number of carbonyl (C=O) groups excluding carboxylic acids is 6. The van der Waals surface area contributed by atoms with Gasteiger partial charge >= 0.3 is 28.5 Å². The normalized spacial score (nSPS) is 12.0. The molecule has 0 unspecified atom stereocenters. The summed E-state index contributed by atoms with van der Waals surface area (Å²) in [4.78, 5) is 71.4. The lowest BCUT2D eigenvalue weighted by Gasteiger charge is -2.23. The van der Waals surface area contributed by atoms with Gasteiger partial charge in [-0.1, -0.05) is 27.7 Å². The molecule has 0 fully saturated rings. The molecule has 0 heterocycles. The van der Waals surface area contributed by atoms with Gasteiger partial charge in [-0.2, -0.15) is 0 Å². The number of carbonyl (C=O) groups is 6. The number of hydrogen-bond acceptors (Lipinski definition) is 13. The third kappa shape index (κ3) is 12.8. The van der Waals surface area contributed by atoms with Crippen LogP contribution in [-0.4, -0.2) is 65.5 Å². The number of ketones is 1. The zero-order chi connectivity index (χ0) is 26.5. The molecule has 0 rings (SSSR count). The largest absolute Gasteiger partial charge is 0.469 e. The standard InChI is InChI=1S/C21H32O11S2/c1-12(2)16(23)29-10-31-19(26)33-9-14(18(25)28-7)8-15(22)21(5,6)34-20(27)32-11-30-17(24)13(3)4/h12-14H,8-11H2,1-7H3/t14-/m0/s1. The number of ether oxygens (including phenoxy) is 5. The Kier molecular flexibility index (Phi) is 14.5. The smallest absolute Gasteiger partial charge is 0.371 e. The molecular weight excluding hydrogens is 492 g/mol.